The van der Waals surface area contributed by atoms with Crippen LogP contribution in [-0.2, 0) is 4.79 Å². The summed E-state index contributed by atoms with van der Waals surface area (Å²) in [6.07, 6.45) is 0.852. The van der Waals surface area contributed by atoms with E-state index >= 15 is 0 Å². The number of nitrogens with one attached hydrogen (secondary N) is 2. The fourth-order valence-electron chi connectivity index (χ4n) is 2.31. The van der Waals surface area contributed by atoms with Crippen molar-refractivity contribution < 1.29 is 14.3 Å². The molecule has 2 N–H and O–H groups in total. The summed E-state index contributed by atoms with van der Waals surface area (Å²) in [5, 5.41) is 7.42. The van der Waals surface area contributed by atoms with Crippen LogP contribution in [0, 0.1) is 0 Å². The molecule has 2 amide bonds. The van der Waals surface area contributed by atoms with E-state index in [0.717, 1.165) is 17.2 Å². The van der Waals surface area contributed by atoms with Crippen LogP contribution in [0.3, 0.4) is 0 Å². The number of carbonyl (C=O) groups excluding carboxylic acids is 2. The minimum absolute atomic E-state index is 0.194. The summed E-state index contributed by atoms with van der Waals surface area (Å²) in [4.78, 5) is 24.4. The number of ether oxygens (including phenoxy) is 1. The maximum atomic E-state index is 12.5. The van der Waals surface area contributed by atoms with Gasteiger partial charge in [-0.15, -0.1) is 0 Å². The first-order chi connectivity index (χ1) is 11.1. The monoisotopic (exact) mass is 314 g/mol. The molecular formula is C18H22N2O3. The molecule has 0 fully saturated rings. The molecule has 0 saturated carbocycles. The van der Waals surface area contributed by atoms with Crippen LogP contribution in [0.15, 0.2) is 36.4 Å². The van der Waals surface area contributed by atoms with Gasteiger partial charge < -0.3 is 15.4 Å². The molecule has 23 heavy (non-hydrogen) atoms. The lowest BCUT2D eigenvalue weighted by Crippen LogP contribution is -2.45. The molecule has 0 spiro atoms. The first-order valence-corrected chi connectivity index (χ1v) is 7.72. The van der Waals surface area contributed by atoms with Gasteiger partial charge in [0.05, 0.1) is 12.7 Å². The first-order valence-electron chi connectivity index (χ1n) is 7.72. The van der Waals surface area contributed by atoms with Crippen LogP contribution in [0.4, 0.5) is 0 Å². The summed E-state index contributed by atoms with van der Waals surface area (Å²) >= 11 is 0. The Hall–Kier alpha value is -2.56. The molecule has 0 aliphatic carbocycles. The summed E-state index contributed by atoms with van der Waals surface area (Å²) in [6, 6.07) is 10.7. The highest BCUT2D eigenvalue weighted by molar-refractivity contribution is 6.03. The van der Waals surface area contributed by atoms with Crippen molar-refractivity contribution in [1.82, 2.24) is 10.6 Å². The quantitative estimate of drug-likeness (QED) is 0.861. The first kappa shape index (κ1) is 16.8. The van der Waals surface area contributed by atoms with Gasteiger partial charge in [-0.1, -0.05) is 31.2 Å². The third-order valence-electron chi connectivity index (χ3n) is 3.60. The predicted octanol–water partition coefficient (Wildman–Crippen LogP) is 2.49. The molecule has 0 saturated heterocycles. The van der Waals surface area contributed by atoms with Crippen molar-refractivity contribution in [3.8, 4) is 5.75 Å². The van der Waals surface area contributed by atoms with Crippen molar-refractivity contribution in [3.63, 3.8) is 0 Å². The fraction of sp³-hybridized carbons (Fsp3) is 0.333. The summed E-state index contributed by atoms with van der Waals surface area (Å²) in [6.45, 7) is 4.23. The average Bonchev–Trinajstić information content (AvgIpc) is 2.58. The molecule has 0 bridgehead atoms. The molecule has 5 nitrogen and oxygen atoms in total. The van der Waals surface area contributed by atoms with Crippen LogP contribution in [0.1, 0.15) is 30.6 Å². The van der Waals surface area contributed by atoms with Gasteiger partial charge in [-0.05, 0) is 36.2 Å². The van der Waals surface area contributed by atoms with Gasteiger partial charge in [-0.2, -0.15) is 0 Å². The Morgan fingerprint density at radius 2 is 1.83 bits per heavy atom. The third-order valence-corrected chi connectivity index (χ3v) is 3.60. The van der Waals surface area contributed by atoms with Crippen LogP contribution in [0.2, 0.25) is 0 Å². The number of benzene rings is 2. The molecule has 0 radical (unpaired) electrons. The summed E-state index contributed by atoms with van der Waals surface area (Å²) in [7, 11) is 1.53. The highest BCUT2D eigenvalue weighted by Crippen LogP contribution is 2.25. The van der Waals surface area contributed by atoms with Crippen molar-refractivity contribution >= 4 is 22.6 Å². The van der Waals surface area contributed by atoms with Crippen LogP contribution >= 0.6 is 0 Å². The van der Waals surface area contributed by atoms with Gasteiger partial charge in [0.25, 0.3) is 5.91 Å². The second kappa shape index (κ2) is 7.63. The standard InChI is InChI=1S/C18H22N2O3/c1-4-9-19-17(21)12(2)20-18(22)15-10-13-7-5-6-8-14(13)11-16(15)23-3/h5-8,10-12H,4,9H2,1-3H3,(H,19,21)(H,20,22)/t12-/m1/s1. The van der Waals surface area contributed by atoms with Crippen LogP contribution in [0.25, 0.3) is 10.8 Å². The van der Waals surface area contributed by atoms with Gasteiger partial charge in [-0.25, -0.2) is 0 Å². The van der Waals surface area contributed by atoms with Gasteiger partial charge in [0, 0.05) is 6.54 Å². The Kier molecular flexibility index (Phi) is 5.57. The van der Waals surface area contributed by atoms with Crippen molar-refractivity contribution in [3.05, 3.63) is 42.0 Å². The van der Waals surface area contributed by atoms with Gasteiger partial charge in [0.15, 0.2) is 0 Å². The van der Waals surface area contributed by atoms with E-state index in [1.54, 1.807) is 13.0 Å². The fourth-order valence-corrected chi connectivity index (χ4v) is 2.31. The van der Waals surface area contributed by atoms with E-state index in [4.69, 9.17) is 4.74 Å². The lowest BCUT2D eigenvalue weighted by molar-refractivity contribution is -0.122. The van der Waals surface area contributed by atoms with Crippen molar-refractivity contribution in [1.29, 1.82) is 0 Å². The minimum Gasteiger partial charge on any atom is -0.496 e. The minimum atomic E-state index is -0.606. The Labute approximate surface area is 136 Å². The van der Waals surface area contributed by atoms with E-state index in [2.05, 4.69) is 10.6 Å². The lowest BCUT2D eigenvalue weighted by atomic mass is 10.0. The maximum absolute atomic E-state index is 12.5. The molecule has 122 valence electrons. The third kappa shape index (κ3) is 4.00. The number of rotatable bonds is 6. The topological polar surface area (TPSA) is 67.4 Å². The van der Waals surface area contributed by atoms with Gasteiger partial charge in [0.1, 0.15) is 11.8 Å². The largest absolute Gasteiger partial charge is 0.496 e. The molecule has 0 unspecified atom stereocenters. The highest BCUT2D eigenvalue weighted by Gasteiger charge is 2.19. The molecule has 0 aliphatic rings. The van der Waals surface area contributed by atoms with Crippen LogP contribution in [0.5, 0.6) is 5.75 Å². The van der Waals surface area contributed by atoms with E-state index in [1.807, 2.05) is 37.3 Å². The Balaban J connectivity index is 2.21. The zero-order chi connectivity index (χ0) is 16.8. The van der Waals surface area contributed by atoms with Gasteiger partial charge in [-0.3, -0.25) is 9.59 Å². The molecule has 0 aromatic heterocycles. The summed E-state index contributed by atoms with van der Waals surface area (Å²) < 4.78 is 5.32. The molecule has 2 rings (SSSR count). The number of hydrogen-bond acceptors (Lipinski definition) is 3. The molecule has 0 heterocycles. The second-order valence-electron chi connectivity index (χ2n) is 5.39. The van der Waals surface area contributed by atoms with Crippen molar-refractivity contribution in [2.24, 2.45) is 0 Å². The van der Waals surface area contributed by atoms with E-state index in [-0.39, 0.29) is 11.8 Å². The normalized spacial score (nSPS) is 11.8. The van der Waals surface area contributed by atoms with E-state index in [1.165, 1.54) is 7.11 Å². The van der Waals surface area contributed by atoms with Crippen LogP contribution in [-0.4, -0.2) is 31.5 Å². The molecule has 2 aromatic rings. The molecular weight excluding hydrogens is 292 g/mol. The Morgan fingerprint density at radius 3 is 2.43 bits per heavy atom. The number of hydrogen-bond donors (Lipinski definition) is 2. The molecule has 5 heteroatoms. The van der Waals surface area contributed by atoms with Crippen LogP contribution < -0.4 is 15.4 Å². The number of carbonyl (C=O) groups is 2. The maximum Gasteiger partial charge on any atom is 0.255 e. The Morgan fingerprint density at radius 1 is 1.17 bits per heavy atom. The highest BCUT2D eigenvalue weighted by atomic mass is 16.5. The molecule has 0 aliphatic heterocycles. The van der Waals surface area contributed by atoms with Crippen molar-refractivity contribution in [2.75, 3.05) is 13.7 Å². The van der Waals surface area contributed by atoms with E-state index in [0.29, 0.717) is 17.9 Å². The summed E-state index contributed by atoms with van der Waals surface area (Å²) in [5.41, 5.74) is 0.418. The number of fused-ring (bicyclic) bond motifs is 1. The average molecular weight is 314 g/mol. The van der Waals surface area contributed by atoms with Gasteiger partial charge in [0.2, 0.25) is 5.91 Å². The van der Waals surface area contributed by atoms with E-state index < -0.39 is 6.04 Å². The van der Waals surface area contributed by atoms with Gasteiger partial charge >= 0.3 is 0 Å². The predicted molar refractivity (Wildman–Crippen MR) is 90.7 cm³/mol. The Bertz CT molecular complexity index is 712. The SMILES string of the molecule is CCCNC(=O)[C@@H](C)NC(=O)c1cc2ccccc2cc1OC. The zero-order valence-corrected chi connectivity index (χ0v) is 13.7. The summed E-state index contributed by atoms with van der Waals surface area (Å²) in [5.74, 6) is -0.0333. The number of amides is 2. The van der Waals surface area contributed by atoms with Crippen molar-refractivity contribution in [2.45, 2.75) is 26.3 Å². The smallest absolute Gasteiger partial charge is 0.255 e. The zero-order valence-electron chi connectivity index (χ0n) is 13.7. The van der Waals surface area contributed by atoms with E-state index in [9.17, 15) is 9.59 Å². The molecule has 2 aromatic carbocycles. The second-order valence-corrected chi connectivity index (χ2v) is 5.39. The molecule has 1 atom stereocenters. The lowest BCUT2D eigenvalue weighted by Gasteiger charge is -2.15. The number of methoxy groups -OCH3 is 1.